The third kappa shape index (κ3) is 1.93. The van der Waals surface area contributed by atoms with Crippen molar-refractivity contribution in [2.24, 2.45) is 7.05 Å². The van der Waals surface area contributed by atoms with Crippen LogP contribution in [-0.4, -0.2) is 18.7 Å². The van der Waals surface area contributed by atoms with Gasteiger partial charge in [-0.05, 0) is 6.92 Å². The molecule has 5 nitrogen and oxygen atoms in total. The standard InChI is InChI=1S/C11H16N4O/c1-3-14-8-9-15(11(14)16)6-4-10-12-5-7-13(10)2/h5,7-9H,3-4,6H2,1-2H3. The number of hydrogen-bond donors (Lipinski definition) is 0. The molecule has 16 heavy (non-hydrogen) atoms. The molecule has 0 aliphatic rings. The first-order valence-electron chi connectivity index (χ1n) is 5.44. The predicted molar refractivity (Wildman–Crippen MR) is 61.3 cm³/mol. The molecule has 0 unspecified atom stereocenters. The van der Waals surface area contributed by atoms with Gasteiger partial charge in [0.1, 0.15) is 5.82 Å². The summed E-state index contributed by atoms with van der Waals surface area (Å²) in [6.45, 7) is 3.36. The van der Waals surface area contributed by atoms with E-state index >= 15 is 0 Å². The molecule has 0 N–H and O–H groups in total. The molecule has 0 spiro atoms. The summed E-state index contributed by atoms with van der Waals surface area (Å²) >= 11 is 0. The van der Waals surface area contributed by atoms with Crippen molar-refractivity contribution >= 4 is 0 Å². The second-order valence-electron chi connectivity index (χ2n) is 3.76. The van der Waals surface area contributed by atoms with Crippen LogP contribution in [0.3, 0.4) is 0 Å². The number of hydrogen-bond acceptors (Lipinski definition) is 2. The fraction of sp³-hybridized carbons (Fsp3) is 0.455. The molecule has 86 valence electrons. The summed E-state index contributed by atoms with van der Waals surface area (Å²) in [5.74, 6) is 0.996. The Morgan fingerprint density at radius 2 is 2.00 bits per heavy atom. The first-order chi connectivity index (χ1) is 7.72. The van der Waals surface area contributed by atoms with Crippen LogP contribution in [0, 0.1) is 0 Å². The highest BCUT2D eigenvalue weighted by atomic mass is 16.1. The van der Waals surface area contributed by atoms with E-state index in [1.807, 2.05) is 37.1 Å². The second-order valence-corrected chi connectivity index (χ2v) is 3.76. The van der Waals surface area contributed by atoms with E-state index in [2.05, 4.69) is 4.98 Å². The molecule has 0 saturated carbocycles. The van der Waals surface area contributed by atoms with Gasteiger partial charge in [0.25, 0.3) is 0 Å². The van der Waals surface area contributed by atoms with Gasteiger partial charge in [0.15, 0.2) is 0 Å². The molecule has 0 aliphatic carbocycles. The van der Waals surface area contributed by atoms with Crippen LogP contribution in [0.2, 0.25) is 0 Å². The van der Waals surface area contributed by atoms with E-state index in [1.54, 1.807) is 15.3 Å². The van der Waals surface area contributed by atoms with Crippen molar-refractivity contribution < 1.29 is 0 Å². The van der Waals surface area contributed by atoms with Crippen molar-refractivity contribution in [2.45, 2.75) is 26.4 Å². The average molecular weight is 220 g/mol. The highest BCUT2D eigenvalue weighted by molar-refractivity contribution is 4.92. The van der Waals surface area contributed by atoms with Gasteiger partial charge in [-0.2, -0.15) is 0 Å². The van der Waals surface area contributed by atoms with Crippen molar-refractivity contribution in [1.82, 2.24) is 18.7 Å². The summed E-state index contributed by atoms with van der Waals surface area (Å²) < 4.78 is 5.39. The molecule has 0 aliphatic heterocycles. The van der Waals surface area contributed by atoms with Crippen LogP contribution >= 0.6 is 0 Å². The first-order valence-corrected chi connectivity index (χ1v) is 5.44. The Bertz CT molecular complexity index is 520. The quantitative estimate of drug-likeness (QED) is 0.759. The van der Waals surface area contributed by atoms with Crippen molar-refractivity contribution in [3.63, 3.8) is 0 Å². The Hall–Kier alpha value is -1.78. The average Bonchev–Trinajstić information content (AvgIpc) is 2.83. The zero-order valence-electron chi connectivity index (χ0n) is 9.63. The Morgan fingerprint density at radius 1 is 1.25 bits per heavy atom. The van der Waals surface area contributed by atoms with Gasteiger partial charge < -0.3 is 4.57 Å². The van der Waals surface area contributed by atoms with E-state index in [-0.39, 0.29) is 5.69 Å². The number of aryl methyl sites for hydroxylation is 4. The molecule has 0 aromatic carbocycles. The van der Waals surface area contributed by atoms with Gasteiger partial charge in [-0.1, -0.05) is 0 Å². The second kappa shape index (κ2) is 4.38. The van der Waals surface area contributed by atoms with Gasteiger partial charge in [0, 0.05) is 51.3 Å². The summed E-state index contributed by atoms with van der Waals surface area (Å²) in [7, 11) is 1.96. The smallest absolute Gasteiger partial charge is 0.328 e. The Kier molecular flexibility index (Phi) is 2.94. The van der Waals surface area contributed by atoms with Gasteiger partial charge in [-0.3, -0.25) is 9.13 Å². The lowest BCUT2D eigenvalue weighted by atomic mass is 10.4. The van der Waals surface area contributed by atoms with E-state index in [0.717, 1.165) is 12.2 Å². The lowest BCUT2D eigenvalue weighted by molar-refractivity contribution is 0.605. The Labute approximate surface area is 94.0 Å². The molecule has 0 amide bonds. The number of aromatic nitrogens is 4. The molecule has 0 saturated heterocycles. The zero-order valence-corrected chi connectivity index (χ0v) is 9.63. The SMILES string of the molecule is CCn1ccn(CCc2nccn2C)c1=O. The van der Waals surface area contributed by atoms with Crippen LogP contribution in [0.5, 0.6) is 0 Å². The molecular formula is C11H16N4O. The molecular weight excluding hydrogens is 204 g/mol. The van der Waals surface area contributed by atoms with Crippen LogP contribution in [0.4, 0.5) is 0 Å². The minimum Gasteiger partial charge on any atom is -0.338 e. The van der Waals surface area contributed by atoms with Crippen molar-refractivity contribution in [1.29, 1.82) is 0 Å². The maximum Gasteiger partial charge on any atom is 0.328 e. The normalized spacial score (nSPS) is 10.9. The van der Waals surface area contributed by atoms with Crippen molar-refractivity contribution in [3.05, 3.63) is 41.1 Å². The zero-order chi connectivity index (χ0) is 11.5. The number of rotatable bonds is 4. The van der Waals surface area contributed by atoms with E-state index < -0.39 is 0 Å². The highest BCUT2D eigenvalue weighted by Gasteiger charge is 2.03. The van der Waals surface area contributed by atoms with E-state index in [4.69, 9.17) is 0 Å². The molecule has 0 atom stereocenters. The highest BCUT2D eigenvalue weighted by Crippen LogP contribution is 1.97. The van der Waals surface area contributed by atoms with Gasteiger partial charge in [-0.25, -0.2) is 9.78 Å². The number of imidazole rings is 2. The molecule has 2 heterocycles. The maximum absolute atomic E-state index is 11.7. The predicted octanol–water partition coefficient (Wildman–Crippen LogP) is 0.646. The summed E-state index contributed by atoms with van der Waals surface area (Å²) in [5.41, 5.74) is 0.0525. The summed E-state index contributed by atoms with van der Waals surface area (Å²) in [4.78, 5) is 16.0. The number of nitrogens with zero attached hydrogens (tertiary/aromatic N) is 4. The van der Waals surface area contributed by atoms with E-state index in [0.29, 0.717) is 13.1 Å². The topological polar surface area (TPSA) is 44.8 Å². The fourth-order valence-corrected chi connectivity index (χ4v) is 1.72. The van der Waals surface area contributed by atoms with Gasteiger partial charge in [-0.15, -0.1) is 0 Å². The molecule has 0 fully saturated rings. The van der Waals surface area contributed by atoms with Gasteiger partial charge in [0.05, 0.1) is 0 Å². The third-order valence-corrected chi connectivity index (χ3v) is 2.76. The minimum absolute atomic E-state index is 0.0525. The lowest BCUT2D eigenvalue weighted by Crippen LogP contribution is -2.24. The fourth-order valence-electron chi connectivity index (χ4n) is 1.72. The molecule has 2 aromatic heterocycles. The van der Waals surface area contributed by atoms with Crippen LogP contribution in [0.25, 0.3) is 0 Å². The van der Waals surface area contributed by atoms with Crippen molar-refractivity contribution in [2.75, 3.05) is 0 Å². The largest absolute Gasteiger partial charge is 0.338 e. The minimum atomic E-state index is 0.0525. The van der Waals surface area contributed by atoms with Crippen LogP contribution in [-0.2, 0) is 26.6 Å². The molecule has 5 heteroatoms. The summed E-state index contributed by atoms with van der Waals surface area (Å²) in [6.07, 6.45) is 8.11. The Morgan fingerprint density at radius 3 is 2.56 bits per heavy atom. The first kappa shape index (κ1) is 10.7. The maximum atomic E-state index is 11.7. The van der Waals surface area contributed by atoms with E-state index in [9.17, 15) is 4.79 Å². The van der Waals surface area contributed by atoms with Crippen LogP contribution < -0.4 is 5.69 Å². The summed E-state index contributed by atoms with van der Waals surface area (Å²) in [5, 5.41) is 0. The molecule has 0 radical (unpaired) electrons. The monoisotopic (exact) mass is 220 g/mol. The van der Waals surface area contributed by atoms with E-state index in [1.165, 1.54) is 0 Å². The Balaban J connectivity index is 2.08. The van der Waals surface area contributed by atoms with Crippen molar-refractivity contribution in [3.8, 4) is 0 Å². The van der Waals surface area contributed by atoms with Gasteiger partial charge in [0.2, 0.25) is 0 Å². The molecule has 0 bridgehead atoms. The van der Waals surface area contributed by atoms with Gasteiger partial charge >= 0.3 is 5.69 Å². The lowest BCUT2D eigenvalue weighted by Gasteiger charge is -2.02. The van der Waals surface area contributed by atoms with Crippen LogP contribution in [0.1, 0.15) is 12.7 Å². The summed E-state index contributed by atoms with van der Waals surface area (Å²) in [6, 6.07) is 0. The molecule has 2 rings (SSSR count). The van der Waals surface area contributed by atoms with Crippen LogP contribution in [0.15, 0.2) is 29.6 Å². The third-order valence-electron chi connectivity index (χ3n) is 2.76. The molecule has 2 aromatic rings.